The Kier molecular flexibility index (Phi) is 4.44. The molecule has 2 rings (SSSR count). The Balaban J connectivity index is 1.89. The van der Waals surface area contributed by atoms with Gasteiger partial charge in [-0.3, -0.25) is 0 Å². The minimum absolute atomic E-state index is 0.128. The highest BCUT2D eigenvalue weighted by Crippen LogP contribution is 2.20. The molecule has 1 aromatic carbocycles. The Morgan fingerprint density at radius 2 is 2.33 bits per heavy atom. The fraction of sp³-hybridized carbons (Fsp3) is 0.462. The second-order valence-corrected chi connectivity index (χ2v) is 4.99. The molecule has 0 aromatic heterocycles. The lowest BCUT2D eigenvalue weighted by Crippen LogP contribution is -2.40. The number of carbonyl (C=O) groups is 1. The molecule has 1 aromatic rings. The minimum atomic E-state index is -0.128. The highest BCUT2D eigenvalue weighted by Gasteiger charge is 2.19. The van der Waals surface area contributed by atoms with Crippen LogP contribution in [0.25, 0.3) is 0 Å². The average Bonchev–Trinajstić information content (AvgIpc) is 2.84. The van der Waals surface area contributed by atoms with Crippen LogP contribution in [0.2, 0.25) is 5.02 Å². The number of benzene rings is 1. The number of urea groups is 1. The first-order valence-electron chi connectivity index (χ1n) is 6.17. The van der Waals surface area contributed by atoms with E-state index in [-0.39, 0.29) is 6.03 Å². The number of para-hydroxylation sites is 1. The fourth-order valence-electron chi connectivity index (χ4n) is 2.10. The van der Waals surface area contributed by atoms with Gasteiger partial charge < -0.3 is 15.5 Å². The standard InChI is InChI=1S/C13H18ClN3O/c1-17(9-10-5-4-8-15-10)13(18)16-12-7-3-2-6-11(12)14/h2-3,6-7,10,15H,4-5,8-9H2,1H3,(H,16,18). The number of amides is 2. The normalized spacial score (nSPS) is 18.7. The molecule has 0 bridgehead atoms. The van der Waals surface area contributed by atoms with Crippen LogP contribution in [0.15, 0.2) is 24.3 Å². The Morgan fingerprint density at radius 1 is 1.56 bits per heavy atom. The quantitative estimate of drug-likeness (QED) is 0.884. The summed E-state index contributed by atoms with van der Waals surface area (Å²) in [6, 6.07) is 7.52. The zero-order chi connectivity index (χ0) is 13.0. The van der Waals surface area contributed by atoms with Gasteiger partial charge in [-0.25, -0.2) is 4.79 Å². The Labute approximate surface area is 112 Å². The summed E-state index contributed by atoms with van der Waals surface area (Å²) in [6.07, 6.45) is 2.31. The van der Waals surface area contributed by atoms with Gasteiger partial charge in [0.1, 0.15) is 0 Å². The number of likely N-dealkylation sites (N-methyl/N-ethyl adjacent to an activating group) is 1. The first kappa shape index (κ1) is 13.2. The summed E-state index contributed by atoms with van der Waals surface area (Å²) < 4.78 is 0. The lowest BCUT2D eigenvalue weighted by molar-refractivity contribution is 0.218. The summed E-state index contributed by atoms with van der Waals surface area (Å²) in [4.78, 5) is 13.7. The van der Waals surface area contributed by atoms with Crippen molar-refractivity contribution in [3.05, 3.63) is 29.3 Å². The maximum Gasteiger partial charge on any atom is 0.321 e. The van der Waals surface area contributed by atoms with Crippen LogP contribution in [0.3, 0.4) is 0 Å². The van der Waals surface area contributed by atoms with Gasteiger partial charge in [-0.15, -0.1) is 0 Å². The van der Waals surface area contributed by atoms with Crippen LogP contribution in [0, 0.1) is 0 Å². The van der Waals surface area contributed by atoms with Gasteiger partial charge in [0.25, 0.3) is 0 Å². The van der Waals surface area contributed by atoms with Crippen LogP contribution in [-0.4, -0.2) is 37.1 Å². The van der Waals surface area contributed by atoms with Crippen molar-refractivity contribution in [2.24, 2.45) is 0 Å². The zero-order valence-electron chi connectivity index (χ0n) is 10.4. The molecule has 1 heterocycles. The van der Waals surface area contributed by atoms with Gasteiger partial charge in [0.15, 0.2) is 0 Å². The molecule has 0 saturated carbocycles. The van der Waals surface area contributed by atoms with Crippen molar-refractivity contribution in [1.29, 1.82) is 0 Å². The molecule has 5 heteroatoms. The molecule has 1 saturated heterocycles. The number of halogens is 1. The summed E-state index contributed by atoms with van der Waals surface area (Å²) in [6.45, 7) is 1.76. The summed E-state index contributed by atoms with van der Waals surface area (Å²) in [5.41, 5.74) is 0.649. The first-order chi connectivity index (χ1) is 8.66. The van der Waals surface area contributed by atoms with E-state index in [2.05, 4.69) is 10.6 Å². The Bertz CT molecular complexity index is 418. The van der Waals surface area contributed by atoms with E-state index in [4.69, 9.17) is 11.6 Å². The van der Waals surface area contributed by atoms with E-state index in [1.54, 1.807) is 24.1 Å². The van der Waals surface area contributed by atoms with E-state index < -0.39 is 0 Å². The number of nitrogens with zero attached hydrogens (tertiary/aromatic N) is 1. The van der Waals surface area contributed by atoms with Crippen LogP contribution >= 0.6 is 11.6 Å². The summed E-state index contributed by atoms with van der Waals surface area (Å²) in [7, 11) is 1.80. The highest BCUT2D eigenvalue weighted by molar-refractivity contribution is 6.33. The van der Waals surface area contributed by atoms with Crippen LogP contribution in [0.4, 0.5) is 10.5 Å². The number of anilines is 1. The van der Waals surface area contributed by atoms with E-state index in [1.807, 2.05) is 12.1 Å². The predicted molar refractivity (Wildman–Crippen MR) is 74.1 cm³/mol. The maximum absolute atomic E-state index is 12.0. The van der Waals surface area contributed by atoms with Gasteiger partial charge in [0.2, 0.25) is 0 Å². The SMILES string of the molecule is CN(CC1CCCN1)C(=O)Nc1ccccc1Cl. The molecule has 1 fully saturated rings. The molecule has 1 aliphatic heterocycles. The van der Waals surface area contributed by atoms with E-state index in [0.29, 0.717) is 16.8 Å². The smallest absolute Gasteiger partial charge is 0.321 e. The predicted octanol–water partition coefficient (Wildman–Crippen LogP) is 2.56. The molecular formula is C13H18ClN3O. The molecule has 1 unspecified atom stereocenters. The van der Waals surface area contributed by atoms with Gasteiger partial charge in [-0.2, -0.15) is 0 Å². The van der Waals surface area contributed by atoms with Crippen molar-refractivity contribution in [1.82, 2.24) is 10.2 Å². The van der Waals surface area contributed by atoms with Crippen molar-refractivity contribution in [3.8, 4) is 0 Å². The monoisotopic (exact) mass is 267 g/mol. The average molecular weight is 268 g/mol. The first-order valence-corrected chi connectivity index (χ1v) is 6.54. The third-order valence-electron chi connectivity index (χ3n) is 3.12. The molecule has 2 amide bonds. The third-order valence-corrected chi connectivity index (χ3v) is 3.45. The molecular weight excluding hydrogens is 250 g/mol. The second kappa shape index (κ2) is 6.07. The van der Waals surface area contributed by atoms with E-state index >= 15 is 0 Å². The number of rotatable bonds is 3. The van der Waals surface area contributed by atoms with Crippen molar-refractivity contribution >= 4 is 23.3 Å². The van der Waals surface area contributed by atoms with Crippen LogP contribution in [0.5, 0.6) is 0 Å². The molecule has 4 nitrogen and oxygen atoms in total. The Hall–Kier alpha value is -1.26. The summed E-state index contributed by atoms with van der Waals surface area (Å²) >= 11 is 6.00. The third kappa shape index (κ3) is 3.37. The number of hydrogen-bond donors (Lipinski definition) is 2. The van der Waals surface area contributed by atoms with Gasteiger partial charge in [0.05, 0.1) is 10.7 Å². The molecule has 0 spiro atoms. The summed E-state index contributed by atoms with van der Waals surface area (Å²) in [5.74, 6) is 0. The van der Waals surface area contributed by atoms with Gasteiger partial charge in [-0.05, 0) is 31.5 Å². The zero-order valence-corrected chi connectivity index (χ0v) is 11.2. The van der Waals surface area contributed by atoms with Crippen molar-refractivity contribution in [2.45, 2.75) is 18.9 Å². The molecule has 0 radical (unpaired) electrons. The lowest BCUT2D eigenvalue weighted by atomic mass is 10.2. The van der Waals surface area contributed by atoms with Crippen molar-refractivity contribution < 1.29 is 4.79 Å². The molecule has 0 aliphatic carbocycles. The van der Waals surface area contributed by atoms with Crippen LogP contribution in [-0.2, 0) is 0 Å². The Morgan fingerprint density at radius 3 is 3.00 bits per heavy atom. The molecule has 98 valence electrons. The number of nitrogens with one attached hydrogen (secondary N) is 2. The molecule has 1 atom stereocenters. The van der Waals surface area contributed by atoms with Gasteiger partial charge >= 0.3 is 6.03 Å². The minimum Gasteiger partial charge on any atom is -0.326 e. The number of hydrogen-bond acceptors (Lipinski definition) is 2. The highest BCUT2D eigenvalue weighted by atomic mass is 35.5. The molecule has 1 aliphatic rings. The molecule has 18 heavy (non-hydrogen) atoms. The van der Waals surface area contributed by atoms with Crippen LogP contribution in [0.1, 0.15) is 12.8 Å². The van der Waals surface area contributed by atoms with Gasteiger partial charge in [-0.1, -0.05) is 23.7 Å². The fourth-order valence-corrected chi connectivity index (χ4v) is 2.28. The van der Waals surface area contributed by atoms with Crippen LogP contribution < -0.4 is 10.6 Å². The second-order valence-electron chi connectivity index (χ2n) is 4.58. The van der Waals surface area contributed by atoms with Gasteiger partial charge in [0, 0.05) is 19.6 Å². The van der Waals surface area contributed by atoms with E-state index in [0.717, 1.165) is 19.5 Å². The van der Waals surface area contributed by atoms with E-state index in [9.17, 15) is 4.79 Å². The maximum atomic E-state index is 12.0. The lowest BCUT2D eigenvalue weighted by Gasteiger charge is -2.22. The topological polar surface area (TPSA) is 44.4 Å². The number of carbonyl (C=O) groups excluding carboxylic acids is 1. The molecule has 2 N–H and O–H groups in total. The van der Waals surface area contributed by atoms with E-state index in [1.165, 1.54) is 6.42 Å². The van der Waals surface area contributed by atoms with Crippen molar-refractivity contribution in [3.63, 3.8) is 0 Å². The van der Waals surface area contributed by atoms with Crippen molar-refractivity contribution in [2.75, 3.05) is 25.5 Å². The largest absolute Gasteiger partial charge is 0.326 e. The summed E-state index contributed by atoms with van der Waals surface area (Å²) in [5, 5.41) is 6.73.